The van der Waals surface area contributed by atoms with Crippen LogP contribution in [0.4, 0.5) is 5.82 Å². The van der Waals surface area contributed by atoms with Gasteiger partial charge in [-0.3, -0.25) is 4.79 Å². The molecule has 1 aromatic heterocycles. The standard InChI is InChI=1S/C19H19ClN4O/c1-14-5-6-15(12-17(14)20)19(25)24-9-3-8-23(10-11-24)18-16(13-21)4-2-7-22-18/h2,4-7,12H,3,8-11H2,1H3. The van der Waals surface area contributed by atoms with E-state index in [2.05, 4.69) is 16.0 Å². The molecule has 0 aliphatic carbocycles. The van der Waals surface area contributed by atoms with Crippen LogP contribution in [-0.4, -0.2) is 42.0 Å². The van der Waals surface area contributed by atoms with Gasteiger partial charge < -0.3 is 9.80 Å². The molecule has 3 rings (SSSR count). The summed E-state index contributed by atoms with van der Waals surface area (Å²) < 4.78 is 0. The summed E-state index contributed by atoms with van der Waals surface area (Å²) in [7, 11) is 0. The predicted molar refractivity (Wildman–Crippen MR) is 97.9 cm³/mol. The molecule has 25 heavy (non-hydrogen) atoms. The van der Waals surface area contributed by atoms with E-state index in [1.165, 1.54) is 0 Å². The second-order valence-electron chi connectivity index (χ2n) is 6.08. The van der Waals surface area contributed by atoms with E-state index in [1.54, 1.807) is 24.4 Å². The van der Waals surface area contributed by atoms with Crippen LogP contribution in [0.15, 0.2) is 36.5 Å². The molecule has 0 spiro atoms. The highest BCUT2D eigenvalue weighted by Crippen LogP contribution is 2.21. The van der Waals surface area contributed by atoms with Crippen molar-refractivity contribution in [3.8, 4) is 6.07 Å². The van der Waals surface area contributed by atoms with Crippen LogP contribution in [-0.2, 0) is 0 Å². The molecule has 1 fully saturated rings. The fourth-order valence-corrected chi connectivity index (χ4v) is 3.16. The third-order valence-electron chi connectivity index (χ3n) is 4.41. The lowest BCUT2D eigenvalue weighted by Crippen LogP contribution is -2.35. The SMILES string of the molecule is Cc1ccc(C(=O)N2CCCN(c3ncccc3C#N)CC2)cc1Cl. The van der Waals surface area contributed by atoms with Gasteiger partial charge >= 0.3 is 0 Å². The van der Waals surface area contributed by atoms with Gasteiger partial charge in [-0.2, -0.15) is 5.26 Å². The Balaban J connectivity index is 1.74. The van der Waals surface area contributed by atoms with Crippen molar-refractivity contribution in [2.75, 3.05) is 31.1 Å². The highest BCUT2D eigenvalue weighted by molar-refractivity contribution is 6.31. The number of hydrogen-bond donors (Lipinski definition) is 0. The van der Waals surface area contributed by atoms with Crippen molar-refractivity contribution < 1.29 is 4.79 Å². The van der Waals surface area contributed by atoms with Gasteiger partial charge in [0.15, 0.2) is 0 Å². The molecule has 0 bridgehead atoms. The van der Waals surface area contributed by atoms with Crippen molar-refractivity contribution >= 4 is 23.3 Å². The molecule has 2 aromatic rings. The molecule has 1 aromatic carbocycles. The third-order valence-corrected chi connectivity index (χ3v) is 4.82. The molecular formula is C19H19ClN4O. The van der Waals surface area contributed by atoms with Crippen LogP contribution >= 0.6 is 11.6 Å². The summed E-state index contributed by atoms with van der Waals surface area (Å²) in [5.74, 6) is 0.683. The van der Waals surface area contributed by atoms with Gasteiger partial charge in [0.1, 0.15) is 11.9 Å². The second-order valence-corrected chi connectivity index (χ2v) is 6.49. The number of amides is 1. The topological polar surface area (TPSA) is 60.2 Å². The largest absolute Gasteiger partial charge is 0.354 e. The van der Waals surface area contributed by atoms with Crippen molar-refractivity contribution in [3.63, 3.8) is 0 Å². The van der Waals surface area contributed by atoms with Crippen molar-refractivity contribution in [1.82, 2.24) is 9.88 Å². The number of halogens is 1. The van der Waals surface area contributed by atoms with Crippen LogP contribution < -0.4 is 4.90 Å². The molecule has 0 radical (unpaired) electrons. The highest BCUT2D eigenvalue weighted by atomic mass is 35.5. The molecule has 1 amide bonds. The lowest BCUT2D eigenvalue weighted by Gasteiger charge is -2.23. The number of aromatic nitrogens is 1. The number of anilines is 1. The van der Waals surface area contributed by atoms with Crippen LogP contribution in [0.25, 0.3) is 0 Å². The first kappa shape index (κ1) is 17.2. The summed E-state index contributed by atoms with van der Waals surface area (Å²) in [4.78, 5) is 21.0. The maximum absolute atomic E-state index is 12.8. The maximum atomic E-state index is 12.8. The first-order valence-corrected chi connectivity index (χ1v) is 8.63. The first-order chi connectivity index (χ1) is 12.1. The number of nitrogens with zero attached hydrogens (tertiary/aromatic N) is 4. The van der Waals surface area contributed by atoms with Crippen molar-refractivity contribution in [2.45, 2.75) is 13.3 Å². The summed E-state index contributed by atoms with van der Waals surface area (Å²) in [6.07, 6.45) is 2.52. The van der Waals surface area contributed by atoms with Crippen LogP contribution in [0.1, 0.15) is 27.9 Å². The van der Waals surface area contributed by atoms with Crippen molar-refractivity contribution in [3.05, 3.63) is 58.2 Å². The zero-order valence-corrected chi connectivity index (χ0v) is 14.8. The second kappa shape index (κ2) is 7.54. The van der Waals surface area contributed by atoms with Gasteiger partial charge in [0, 0.05) is 43.0 Å². The first-order valence-electron chi connectivity index (χ1n) is 8.25. The number of carbonyl (C=O) groups is 1. The van der Waals surface area contributed by atoms with E-state index < -0.39 is 0 Å². The van der Waals surface area contributed by atoms with Crippen LogP contribution in [0, 0.1) is 18.3 Å². The third kappa shape index (κ3) is 3.75. The number of pyridine rings is 1. The van der Waals surface area contributed by atoms with Gasteiger partial charge in [-0.25, -0.2) is 4.98 Å². The molecule has 6 heteroatoms. The lowest BCUT2D eigenvalue weighted by atomic mass is 10.1. The maximum Gasteiger partial charge on any atom is 0.253 e. The van der Waals surface area contributed by atoms with Crippen molar-refractivity contribution in [1.29, 1.82) is 5.26 Å². The number of aryl methyl sites for hydroxylation is 1. The smallest absolute Gasteiger partial charge is 0.253 e. The molecule has 2 heterocycles. The summed E-state index contributed by atoms with van der Waals surface area (Å²) in [6.45, 7) is 4.60. The van der Waals surface area contributed by atoms with Crippen LogP contribution in [0.3, 0.4) is 0 Å². The number of benzene rings is 1. The Labute approximate surface area is 152 Å². The monoisotopic (exact) mass is 354 g/mol. The predicted octanol–water partition coefficient (Wildman–Crippen LogP) is 3.27. The lowest BCUT2D eigenvalue weighted by molar-refractivity contribution is 0.0767. The molecule has 128 valence electrons. The molecule has 1 saturated heterocycles. The highest BCUT2D eigenvalue weighted by Gasteiger charge is 2.22. The normalized spacial score (nSPS) is 14.8. The average molecular weight is 355 g/mol. The summed E-state index contributed by atoms with van der Waals surface area (Å²) in [5.41, 5.74) is 2.13. The average Bonchev–Trinajstić information content (AvgIpc) is 2.89. The van der Waals surface area contributed by atoms with Gasteiger partial charge in [0.25, 0.3) is 5.91 Å². The summed E-state index contributed by atoms with van der Waals surface area (Å²) in [5, 5.41) is 9.87. The number of nitriles is 1. The Morgan fingerprint density at radius 2 is 2.08 bits per heavy atom. The zero-order valence-electron chi connectivity index (χ0n) is 14.1. The molecule has 0 N–H and O–H groups in total. The molecule has 0 unspecified atom stereocenters. The van der Waals surface area contributed by atoms with Gasteiger partial charge in [0.05, 0.1) is 5.56 Å². The minimum Gasteiger partial charge on any atom is -0.354 e. The fourth-order valence-electron chi connectivity index (χ4n) is 2.98. The van der Waals surface area contributed by atoms with Crippen LogP contribution in [0.2, 0.25) is 5.02 Å². The van der Waals surface area contributed by atoms with E-state index >= 15 is 0 Å². The molecule has 1 aliphatic heterocycles. The van der Waals surface area contributed by atoms with Gasteiger partial charge in [0.2, 0.25) is 0 Å². The van der Waals surface area contributed by atoms with E-state index in [1.807, 2.05) is 24.0 Å². The van der Waals surface area contributed by atoms with E-state index in [-0.39, 0.29) is 5.91 Å². The Kier molecular flexibility index (Phi) is 5.20. The van der Waals surface area contributed by atoms with E-state index in [0.717, 1.165) is 18.5 Å². The Morgan fingerprint density at radius 3 is 2.84 bits per heavy atom. The quantitative estimate of drug-likeness (QED) is 0.830. The zero-order chi connectivity index (χ0) is 17.8. The molecule has 0 saturated carbocycles. The Bertz CT molecular complexity index is 830. The summed E-state index contributed by atoms with van der Waals surface area (Å²) >= 11 is 6.15. The summed E-state index contributed by atoms with van der Waals surface area (Å²) in [6, 6.07) is 11.1. The van der Waals surface area contributed by atoms with Crippen molar-refractivity contribution in [2.24, 2.45) is 0 Å². The number of rotatable bonds is 2. The molecule has 0 atom stereocenters. The fraction of sp³-hybridized carbons (Fsp3) is 0.316. The van der Waals surface area contributed by atoms with Crippen LogP contribution in [0.5, 0.6) is 0 Å². The van der Waals surface area contributed by atoms with E-state index in [0.29, 0.717) is 41.6 Å². The molecular weight excluding hydrogens is 336 g/mol. The molecule has 5 nitrogen and oxygen atoms in total. The van der Waals surface area contributed by atoms with Gasteiger partial charge in [-0.1, -0.05) is 17.7 Å². The van der Waals surface area contributed by atoms with Gasteiger partial charge in [-0.15, -0.1) is 0 Å². The van der Waals surface area contributed by atoms with E-state index in [4.69, 9.17) is 11.6 Å². The Morgan fingerprint density at radius 1 is 1.24 bits per heavy atom. The minimum atomic E-state index is -0.00900. The van der Waals surface area contributed by atoms with E-state index in [9.17, 15) is 10.1 Å². The molecule has 1 aliphatic rings. The Hall–Kier alpha value is -2.58. The number of carbonyl (C=O) groups excluding carboxylic acids is 1. The van der Waals surface area contributed by atoms with Gasteiger partial charge in [-0.05, 0) is 43.2 Å². The number of hydrogen-bond acceptors (Lipinski definition) is 4. The minimum absolute atomic E-state index is 0.00900.